The van der Waals surface area contributed by atoms with Crippen molar-refractivity contribution < 1.29 is 19.1 Å². The Labute approximate surface area is 199 Å². The molecule has 2 aromatic rings. The lowest BCUT2D eigenvalue weighted by Crippen LogP contribution is -2.37. The van der Waals surface area contributed by atoms with Crippen LogP contribution < -0.4 is 10.6 Å². The molecule has 0 aromatic heterocycles. The summed E-state index contributed by atoms with van der Waals surface area (Å²) < 4.78 is 5.64. The first-order valence-corrected chi connectivity index (χ1v) is 11.6. The number of carbonyl (C=O) groups excluding carboxylic acids is 3. The van der Waals surface area contributed by atoms with Gasteiger partial charge in [0.2, 0.25) is 11.8 Å². The first-order chi connectivity index (χ1) is 16.0. The molecule has 7 heteroatoms. The second kappa shape index (κ2) is 12.8. The van der Waals surface area contributed by atoms with E-state index < -0.39 is 12.0 Å². The van der Waals surface area contributed by atoms with Crippen LogP contribution in [0.4, 0.5) is 0 Å². The minimum absolute atomic E-state index is 0.0690. The maximum Gasteiger partial charge on any atom is 0.306 e. The van der Waals surface area contributed by atoms with Crippen LogP contribution in [0.5, 0.6) is 0 Å². The maximum absolute atomic E-state index is 12.9. The molecular weight excluding hydrogens is 440 g/mol. The molecule has 0 bridgehead atoms. The van der Waals surface area contributed by atoms with Crippen LogP contribution in [0.15, 0.2) is 66.7 Å². The van der Waals surface area contributed by atoms with Gasteiger partial charge in [-0.1, -0.05) is 66.2 Å². The number of amides is 2. The highest BCUT2D eigenvalue weighted by molar-refractivity contribution is 6.30. The summed E-state index contributed by atoms with van der Waals surface area (Å²) >= 11 is 5.90. The van der Waals surface area contributed by atoms with Crippen LogP contribution in [0.3, 0.4) is 0 Å². The highest BCUT2D eigenvalue weighted by Crippen LogP contribution is 2.20. The fourth-order valence-electron chi connectivity index (χ4n) is 3.57. The Morgan fingerprint density at radius 2 is 1.82 bits per heavy atom. The van der Waals surface area contributed by atoms with Gasteiger partial charge >= 0.3 is 5.97 Å². The van der Waals surface area contributed by atoms with Gasteiger partial charge in [-0.15, -0.1) is 0 Å². The van der Waals surface area contributed by atoms with Crippen LogP contribution in [-0.4, -0.2) is 24.3 Å². The summed E-state index contributed by atoms with van der Waals surface area (Å²) in [7, 11) is 0. The monoisotopic (exact) mass is 468 g/mol. The van der Waals surface area contributed by atoms with Crippen molar-refractivity contribution in [1.29, 1.82) is 0 Å². The molecule has 0 saturated heterocycles. The largest absolute Gasteiger partial charge is 0.456 e. The minimum atomic E-state index is -0.573. The summed E-state index contributed by atoms with van der Waals surface area (Å²) in [5, 5.41) is 6.38. The molecule has 0 spiro atoms. The van der Waals surface area contributed by atoms with Crippen molar-refractivity contribution in [3.8, 4) is 0 Å². The normalized spacial score (nSPS) is 20.9. The molecule has 2 amide bonds. The van der Waals surface area contributed by atoms with Gasteiger partial charge in [-0.3, -0.25) is 14.4 Å². The molecule has 33 heavy (non-hydrogen) atoms. The average Bonchev–Trinajstić information content (AvgIpc) is 2.83. The predicted molar refractivity (Wildman–Crippen MR) is 127 cm³/mol. The van der Waals surface area contributed by atoms with Gasteiger partial charge in [0.1, 0.15) is 6.10 Å². The van der Waals surface area contributed by atoms with E-state index in [0.29, 0.717) is 37.3 Å². The minimum Gasteiger partial charge on any atom is -0.456 e. The van der Waals surface area contributed by atoms with Crippen LogP contribution in [0, 0.1) is 5.92 Å². The van der Waals surface area contributed by atoms with Gasteiger partial charge < -0.3 is 15.4 Å². The van der Waals surface area contributed by atoms with Gasteiger partial charge in [-0.25, -0.2) is 0 Å². The molecule has 0 saturated carbocycles. The van der Waals surface area contributed by atoms with Crippen LogP contribution in [-0.2, 0) is 25.7 Å². The smallest absolute Gasteiger partial charge is 0.306 e. The molecule has 6 nitrogen and oxygen atoms in total. The van der Waals surface area contributed by atoms with Gasteiger partial charge in [0, 0.05) is 24.4 Å². The van der Waals surface area contributed by atoms with E-state index in [-0.39, 0.29) is 30.7 Å². The molecule has 3 rings (SSSR count). The molecule has 2 aromatic carbocycles. The lowest BCUT2D eigenvalue weighted by Gasteiger charge is -2.21. The number of esters is 1. The summed E-state index contributed by atoms with van der Waals surface area (Å²) in [6, 6.07) is 16.6. The maximum atomic E-state index is 12.9. The second-order valence-corrected chi connectivity index (χ2v) is 8.47. The second-order valence-electron chi connectivity index (χ2n) is 8.04. The van der Waals surface area contributed by atoms with Crippen LogP contribution in [0.2, 0.25) is 5.02 Å². The number of benzene rings is 2. The standard InChI is InChI=1S/C26H29ClN2O4/c27-22-14-12-19(13-15-22)17-28-24(30)16-21-10-4-1-2-7-11-25(31)33-23(18-29-26(21)32)20-8-5-3-6-9-20/h1,3-6,8-9,12-15,21,23H,2,7,10-11,16-18H2,(H,28,30)(H,29,32)/b4-1+/t21-,23+/m1/s1. The molecular formula is C26H29ClN2O4. The third kappa shape index (κ3) is 8.39. The summed E-state index contributed by atoms with van der Waals surface area (Å²) in [4.78, 5) is 37.7. The van der Waals surface area contributed by atoms with E-state index in [1.54, 1.807) is 12.1 Å². The Hall–Kier alpha value is -3.12. The molecule has 1 aliphatic rings. The molecule has 2 atom stereocenters. The zero-order valence-corrected chi connectivity index (χ0v) is 19.2. The fraction of sp³-hybridized carbons (Fsp3) is 0.346. The quantitative estimate of drug-likeness (QED) is 0.500. The number of hydrogen-bond donors (Lipinski definition) is 2. The SMILES string of the molecule is O=C(C[C@H]1C/C=C/CCCC(=O)O[C@H](c2ccccc2)CNC1=O)NCc1ccc(Cl)cc1. The van der Waals surface area contributed by atoms with E-state index in [1.165, 1.54) is 0 Å². The zero-order valence-electron chi connectivity index (χ0n) is 18.5. The Balaban J connectivity index is 1.63. The molecule has 2 N–H and O–H groups in total. The first kappa shape index (κ1) is 24.5. The summed E-state index contributed by atoms with van der Waals surface area (Å²) in [5.74, 6) is -1.24. The predicted octanol–water partition coefficient (Wildman–Crippen LogP) is 4.49. The number of ether oxygens (including phenoxy) is 1. The molecule has 1 aliphatic heterocycles. The van der Waals surface area contributed by atoms with E-state index in [9.17, 15) is 14.4 Å². The van der Waals surface area contributed by atoms with E-state index in [0.717, 1.165) is 11.1 Å². The molecule has 0 unspecified atom stereocenters. The molecule has 1 heterocycles. The van der Waals surface area contributed by atoms with E-state index in [2.05, 4.69) is 10.6 Å². The van der Waals surface area contributed by atoms with Crippen LogP contribution in [0.1, 0.15) is 49.3 Å². The fourth-order valence-corrected chi connectivity index (χ4v) is 3.70. The third-order valence-electron chi connectivity index (χ3n) is 5.45. The number of cyclic esters (lactones) is 1. The Morgan fingerprint density at radius 3 is 2.58 bits per heavy atom. The molecule has 0 aliphatic carbocycles. The molecule has 0 fully saturated rings. The van der Waals surface area contributed by atoms with Crippen molar-refractivity contribution in [2.75, 3.05) is 6.54 Å². The van der Waals surface area contributed by atoms with E-state index >= 15 is 0 Å². The topological polar surface area (TPSA) is 84.5 Å². The van der Waals surface area contributed by atoms with Crippen LogP contribution >= 0.6 is 11.6 Å². The van der Waals surface area contributed by atoms with Crippen molar-refractivity contribution in [2.45, 2.75) is 44.8 Å². The van der Waals surface area contributed by atoms with Gasteiger partial charge in [0.25, 0.3) is 0 Å². The number of allylic oxidation sites excluding steroid dienone is 2. The van der Waals surface area contributed by atoms with Crippen molar-refractivity contribution in [1.82, 2.24) is 10.6 Å². The van der Waals surface area contributed by atoms with E-state index in [4.69, 9.17) is 16.3 Å². The van der Waals surface area contributed by atoms with Crippen molar-refractivity contribution >= 4 is 29.4 Å². The highest BCUT2D eigenvalue weighted by Gasteiger charge is 2.24. The lowest BCUT2D eigenvalue weighted by molar-refractivity contribution is -0.150. The van der Waals surface area contributed by atoms with Crippen LogP contribution in [0.25, 0.3) is 0 Å². The Kier molecular flexibility index (Phi) is 9.51. The van der Waals surface area contributed by atoms with Gasteiger partial charge in [-0.2, -0.15) is 0 Å². The van der Waals surface area contributed by atoms with Gasteiger partial charge in [-0.05, 0) is 42.5 Å². The first-order valence-electron chi connectivity index (χ1n) is 11.2. The number of nitrogens with one attached hydrogen (secondary N) is 2. The number of hydrogen-bond acceptors (Lipinski definition) is 4. The van der Waals surface area contributed by atoms with E-state index in [1.807, 2.05) is 54.6 Å². The van der Waals surface area contributed by atoms with Crippen molar-refractivity contribution in [3.63, 3.8) is 0 Å². The number of rotatable bonds is 5. The zero-order chi connectivity index (χ0) is 23.5. The number of carbonyl (C=O) groups is 3. The van der Waals surface area contributed by atoms with Gasteiger partial charge in [0.05, 0.1) is 12.5 Å². The highest BCUT2D eigenvalue weighted by atomic mass is 35.5. The van der Waals surface area contributed by atoms with Crippen molar-refractivity contribution in [3.05, 3.63) is 82.9 Å². The Bertz CT molecular complexity index is 960. The van der Waals surface area contributed by atoms with Crippen molar-refractivity contribution in [2.24, 2.45) is 5.92 Å². The molecule has 0 radical (unpaired) electrons. The summed E-state index contributed by atoms with van der Waals surface area (Å²) in [5.41, 5.74) is 1.75. The molecule has 174 valence electrons. The Morgan fingerprint density at radius 1 is 1.06 bits per heavy atom. The third-order valence-corrected chi connectivity index (χ3v) is 5.70. The number of halogens is 1. The average molecular weight is 469 g/mol. The lowest BCUT2D eigenvalue weighted by atomic mass is 9.98. The summed E-state index contributed by atoms with van der Waals surface area (Å²) in [6.07, 6.45) is 5.51. The summed E-state index contributed by atoms with van der Waals surface area (Å²) in [6.45, 7) is 0.521. The van der Waals surface area contributed by atoms with Gasteiger partial charge in [0.15, 0.2) is 0 Å².